The maximum atomic E-state index is 13.2. The molecule has 26 heavy (non-hydrogen) atoms. The minimum atomic E-state index is 0.128. The van der Waals surface area contributed by atoms with Gasteiger partial charge in [-0.25, -0.2) is 0 Å². The van der Waals surface area contributed by atoms with E-state index in [1.54, 1.807) is 0 Å². The molecule has 0 spiro atoms. The average molecular weight is 353 g/mol. The molecule has 0 N–H and O–H groups in total. The molecule has 3 heterocycles. The standard InChI is InChI=1S/C21H27N3O2/c1-15-5-6-20-18(12-15)19(13-16(2)22-20)21(25)24-9-7-23(8-10-24)14-17-4-3-11-26-17/h5-6,12-13,17H,3-4,7-11,14H2,1-2H3/t17-/m1/s1. The van der Waals surface area contributed by atoms with Crippen LogP contribution in [0.25, 0.3) is 10.9 Å². The first-order valence-corrected chi connectivity index (χ1v) is 9.61. The summed E-state index contributed by atoms with van der Waals surface area (Å²) in [5, 5.41) is 0.961. The van der Waals surface area contributed by atoms with Gasteiger partial charge in [0.05, 0.1) is 17.2 Å². The van der Waals surface area contributed by atoms with Crippen LogP contribution in [0.4, 0.5) is 0 Å². The quantitative estimate of drug-likeness (QED) is 0.851. The van der Waals surface area contributed by atoms with Gasteiger partial charge in [-0.15, -0.1) is 0 Å². The van der Waals surface area contributed by atoms with Gasteiger partial charge in [0.2, 0.25) is 0 Å². The number of ether oxygens (including phenoxy) is 1. The van der Waals surface area contributed by atoms with E-state index in [4.69, 9.17) is 4.74 Å². The van der Waals surface area contributed by atoms with Gasteiger partial charge >= 0.3 is 0 Å². The van der Waals surface area contributed by atoms with E-state index < -0.39 is 0 Å². The third kappa shape index (κ3) is 3.60. The van der Waals surface area contributed by atoms with Crippen LogP contribution < -0.4 is 0 Å². The molecule has 5 nitrogen and oxygen atoms in total. The molecule has 0 aliphatic carbocycles. The number of pyridine rings is 1. The van der Waals surface area contributed by atoms with Crippen LogP contribution in [-0.4, -0.2) is 66.1 Å². The fourth-order valence-electron chi connectivity index (χ4n) is 4.03. The topological polar surface area (TPSA) is 45.7 Å². The third-order valence-electron chi connectivity index (χ3n) is 5.47. The number of aromatic nitrogens is 1. The molecule has 2 aliphatic heterocycles. The van der Waals surface area contributed by atoms with Gasteiger partial charge in [-0.3, -0.25) is 14.7 Å². The number of aryl methyl sites for hydroxylation is 2. The first-order chi connectivity index (χ1) is 12.6. The van der Waals surface area contributed by atoms with Gasteiger partial charge < -0.3 is 9.64 Å². The van der Waals surface area contributed by atoms with Crippen LogP contribution in [0.2, 0.25) is 0 Å². The Labute approximate surface area is 154 Å². The lowest BCUT2D eigenvalue weighted by molar-refractivity contribution is 0.0433. The van der Waals surface area contributed by atoms with Crippen molar-refractivity contribution in [3.05, 3.63) is 41.1 Å². The van der Waals surface area contributed by atoms with Gasteiger partial charge in [0.1, 0.15) is 0 Å². The second-order valence-corrected chi connectivity index (χ2v) is 7.56. The second-order valence-electron chi connectivity index (χ2n) is 7.56. The van der Waals surface area contributed by atoms with Crippen molar-refractivity contribution >= 4 is 16.8 Å². The molecule has 2 saturated heterocycles. The van der Waals surface area contributed by atoms with E-state index in [9.17, 15) is 4.79 Å². The first-order valence-electron chi connectivity index (χ1n) is 9.61. The zero-order chi connectivity index (χ0) is 18.1. The second kappa shape index (κ2) is 7.33. The lowest BCUT2D eigenvalue weighted by Crippen LogP contribution is -2.50. The Morgan fingerprint density at radius 3 is 2.73 bits per heavy atom. The van der Waals surface area contributed by atoms with E-state index in [-0.39, 0.29) is 5.91 Å². The molecule has 1 amide bonds. The summed E-state index contributed by atoms with van der Waals surface area (Å²) in [6, 6.07) is 8.06. The Bertz CT molecular complexity index is 806. The SMILES string of the molecule is Cc1ccc2nc(C)cc(C(=O)N3CCN(C[C@H]4CCCO4)CC3)c2c1. The molecule has 1 aromatic carbocycles. The molecule has 2 aromatic rings. The first kappa shape index (κ1) is 17.4. The minimum Gasteiger partial charge on any atom is -0.377 e. The van der Waals surface area contributed by atoms with Gasteiger partial charge in [-0.1, -0.05) is 11.6 Å². The molecule has 2 fully saturated rings. The summed E-state index contributed by atoms with van der Waals surface area (Å²) in [6.45, 7) is 9.31. The van der Waals surface area contributed by atoms with E-state index in [2.05, 4.69) is 22.9 Å². The van der Waals surface area contributed by atoms with Crippen LogP contribution in [-0.2, 0) is 4.74 Å². The number of hydrogen-bond donors (Lipinski definition) is 0. The van der Waals surface area contributed by atoms with Crippen molar-refractivity contribution in [2.75, 3.05) is 39.3 Å². The number of rotatable bonds is 3. The fourth-order valence-corrected chi connectivity index (χ4v) is 4.03. The molecule has 4 rings (SSSR count). The summed E-state index contributed by atoms with van der Waals surface area (Å²) < 4.78 is 5.74. The van der Waals surface area contributed by atoms with Crippen LogP contribution in [0.15, 0.2) is 24.3 Å². The molecule has 0 radical (unpaired) electrons. The van der Waals surface area contributed by atoms with E-state index >= 15 is 0 Å². The maximum Gasteiger partial charge on any atom is 0.254 e. The smallest absolute Gasteiger partial charge is 0.254 e. The molecule has 0 unspecified atom stereocenters. The maximum absolute atomic E-state index is 13.2. The predicted octanol–water partition coefficient (Wildman–Crippen LogP) is 2.79. The summed E-state index contributed by atoms with van der Waals surface area (Å²) in [4.78, 5) is 22.2. The Kier molecular flexibility index (Phi) is 4.92. The zero-order valence-corrected chi connectivity index (χ0v) is 15.7. The lowest BCUT2D eigenvalue weighted by Gasteiger charge is -2.36. The molecular formula is C21H27N3O2. The third-order valence-corrected chi connectivity index (χ3v) is 5.47. The number of fused-ring (bicyclic) bond motifs is 1. The number of nitrogens with zero attached hydrogens (tertiary/aromatic N) is 3. The molecule has 5 heteroatoms. The highest BCUT2D eigenvalue weighted by Gasteiger charge is 2.26. The van der Waals surface area contributed by atoms with Crippen molar-refractivity contribution in [3.8, 4) is 0 Å². The van der Waals surface area contributed by atoms with Crippen molar-refractivity contribution < 1.29 is 9.53 Å². The molecule has 1 aromatic heterocycles. The van der Waals surface area contributed by atoms with E-state index in [0.717, 1.165) is 67.1 Å². The van der Waals surface area contributed by atoms with Crippen LogP contribution in [0.5, 0.6) is 0 Å². The van der Waals surface area contributed by atoms with Crippen LogP contribution in [0.3, 0.4) is 0 Å². The van der Waals surface area contributed by atoms with Crippen molar-refractivity contribution in [1.29, 1.82) is 0 Å². The average Bonchev–Trinajstić information content (AvgIpc) is 3.14. The van der Waals surface area contributed by atoms with E-state index in [1.807, 2.05) is 30.0 Å². The Morgan fingerprint density at radius 1 is 1.19 bits per heavy atom. The van der Waals surface area contributed by atoms with Gasteiger partial charge in [0.25, 0.3) is 5.91 Å². The monoisotopic (exact) mass is 353 g/mol. The lowest BCUT2D eigenvalue weighted by atomic mass is 10.0. The van der Waals surface area contributed by atoms with E-state index in [1.165, 1.54) is 12.8 Å². The Balaban J connectivity index is 1.48. The largest absolute Gasteiger partial charge is 0.377 e. The molecule has 2 aliphatic rings. The minimum absolute atomic E-state index is 0.128. The summed E-state index contributed by atoms with van der Waals surface area (Å²) in [5.74, 6) is 0.128. The van der Waals surface area contributed by atoms with Gasteiger partial charge in [0.15, 0.2) is 0 Å². The molecule has 1 atom stereocenters. The molecule has 0 saturated carbocycles. The van der Waals surface area contributed by atoms with Crippen LogP contribution in [0.1, 0.15) is 34.5 Å². The zero-order valence-electron chi connectivity index (χ0n) is 15.7. The molecule has 0 bridgehead atoms. The number of carbonyl (C=O) groups is 1. The highest BCUT2D eigenvalue weighted by molar-refractivity contribution is 6.06. The Morgan fingerprint density at radius 2 is 2.00 bits per heavy atom. The van der Waals surface area contributed by atoms with Crippen molar-refractivity contribution in [1.82, 2.24) is 14.8 Å². The summed E-state index contributed by atoms with van der Waals surface area (Å²) in [6.07, 6.45) is 2.73. The number of piperazine rings is 1. The fraction of sp³-hybridized carbons (Fsp3) is 0.524. The number of amides is 1. The highest BCUT2D eigenvalue weighted by atomic mass is 16.5. The summed E-state index contributed by atoms with van der Waals surface area (Å²) in [7, 11) is 0. The Hall–Kier alpha value is -1.98. The normalized spacial score (nSPS) is 21.5. The van der Waals surface area contributed by atoms with Crippen molar-refractivity contribution in [2.24, 2.45) is 0 Å². The number of benzene rings is 1. The summed E-state index contributed by atoms with van der Waals surface area (Å²) in [5.41, 5.74) is 3.72. The van der Waals surface area contributed by atoms with Gasteiger partial charge in [0, 0.05) is 50.4 Å². The van der Waals surface area contributed by atoms with Crippen LogP contribution >= 0.6 is 0 Å². The van der Waals surface area contributed by atoms with Gasteiger partial charge in [-0.2, -0.15) is 0 Å². The summed E-state index contributed by atoms with van der Waals surface area (Å²) >= 11 is 0. The van der Waals surface area contributed by atoms with Crippen molar-refractivity contribution in [2.45, 2.75) is 32.8 Å². The molecular weight excluding hydrogens is 326 g/mol. The molecule has 138 valence electrons. The van der Waals surface area contributed by atoms with Gasteiger partial charge in [-0.05, 0) is 44.9 Å². The highest BCUT2D eigenvalue weighted by Crippen LogP contribution is 2.22. The number of hydrogen-bond acceptors (Lipinski definition) is 4. The number of carbonyl (C=O) groups excluding carboxylic acids is 1. The predicted molar refractivity (Wildman–Crippen MR) is 103 cm³/mol. The van der Waals surface area contributed by atoms with Crippen LogP contribution in [0, 0.1) is 13.8 Å². The van der Waals surface area contributed by atoms with E-state index in [0.29, 0.717) is 6.10 Å². The van der Waals surface area contributed by atoms with Crippen molar-refractivity contribution in [3.63, 3.8) is 0 Å².